The van der Waals surface area contributed by atoms with Crippen LogP contribution in [0.5, 0.6) is 0 Å². The Labute approximate surface area is 122 Å². The van der Waals surface area contributed by atoms with Crippen LogP contribution in [0.3, 0.4) is 0 Å². The van der Waals surface area contributed by atoms with E-state index in [0.29, 0.717) is 10.6 Å². The summed E-state index contributed by atoms with van der Waals surface area (Å²) < 4.78 is 65.9. The standard InChI is InChI=1S/C14H9ClF5N/c1-6-2-3-7(8(15)4-6)5-21-14-12(19)10(17)9(16)11(18)13(14)20/h2-4,21H,5H2,1H3. The second-order valence-corrected chi connectivity index (χ2v) is 4.80. The van der Waals surface area contributed by atoms with Gasteiger partial charge in [-0.25, -0.2) is 22.0 Å². The van der Waals surface area contributed by atoms with Gasteiger partial charge < -0.3 is 5.32 Å². The second kappa shape index (κ2) is 5.89. The molecule has 112 valence electrons. The van der Waals surface area contributed by atoms with E-state index in [1.807, 2.05) is 0 Å². The van der Waals surface area contributed by atoms with E-state index in [9.17, 15) is 22.0 Å². The highest BCUT2D eigenvalue weighted by molar-refractivity contribution is 6.31. The molecular weight excluding hydrogens is 313 g/mol. The van der Waals surface area contributed by atoms with E-state index in [2.05, 4.69) is 5.32 Å². The van der Waals surface area contributed by atoms with Crippen molar-refractivity contribution in [2.24, 2.45) is 0 Å². The van der Waals surface area contributed by atoms with Gasteiger partial charge in [-0.3, -0.25) is 0 Å². The maximum Gasteiger partial charge on any atom is 0.200 e. The lowest BCUT2D eigenvalue weighted by Gasteiger charge is -2.12. The Morgan fingerprint density at radius 3 is 1.95 bits per heavy atom. The quantitative estimate of drug-likeness (QED) is 0.479. The number of benzene rings is 2. The molecule has 0 aliphatic heterocycles. The number of rotatable bonds is 3. The van der Waals surface area contributed by atoms with Gasteiger partial charge in [-0.15, -0.1) is 0 Å². The molecule has 0 saturated carbocycles. The average molecular weight is 322 g/mol. The third kappa shape index (κ3) is 2.95. The number of aryl methyl sites for hydroxylation is 1. The van der Waals surface area contributed by atoms with Gasteiger partial charge >= 0.3 is 0 Å². The fourth-order valence-corrected chi connectivity index (χ4v) is 2.04. The summed E-state index contributed by atoms with van der Waals surface area (Å²) in [5, 5.41) is 2.51. The van der Waals surface area contributed by atoms with Crippen LogP contribution in [0, 0.1) is 36.0 Å². The number of hydrogen-bond acceptors (Lipinski definition) is 1. The number of halogens is 6. The van der Waals surface area contributed by atoms with Crippen molar-refractivity contribution >= 4 is 17.3 Å². The van der Waals surface area contributed by atoms with Gasteiger partial charge in [-0.05, 0) is 24.1 Å². The summed E-state index contributed by atoms with van der Waals surface area (Å²) in [7, 11) is 0. The summed E-state index contributed by atoms with van der Waals surface area (Å²) in [5.41, 5.74) is 0.259. The van der Waals surface area contributed by atoms with Crippen molar-refractivity contribution in [3.05, 3.63) is 63.4 Å². The third-order valence-corrected chi connectivity index (χ3v) is 3.23. The topological polar surface area (TPSA) is 12.0 Å². The molecule has 0 unspecified atom stereocenters. The lowest BCUT2D eigenvalue weighted by Crippen LogP contribution is -2.10. The van der Waals surface area contributed by atoms with Crippen molar-refractivity contribution in [3.8, 4) is 0 Å². The fraction of sp³-hybridized carbons (Fsp3) is 0.143. The normalized spacial score (nSPS) is 10.8. The van der Waals surface area contributed by atoms with E-state index in [1.165, 1.54) is 0 Å². The van der Waals surface area contributed by atoms with Gasteiger partial charge in [-0.1, -0.05) is 23.7 Å². The number of anilines is 1. The van der Waals surface area contributed by atoms with Crippen molar-refractivity contribution in [1.29, 1.82) is 0 Å². The Morgan fingerprint density at radius 1 is 0.905 bits per heavy atom. The number of hydrogen-bond donors (Lipinski definition) is 1. The molecule has 0 aliphatic rings. The summed E-state index contributed by atoms with van der Waals surface area (Å²) >= 11 is 5.93. The van der Waals surface area contributed by atoms with Crippen LogP contribution in [-0.2, 0) is 6.54 Å². The van der Waals surface area contributed by atoms with Crippen LogP contribution in [0.15, 0.2) is 18.2 Å². The summed E-state index contributed by atoms with van der Waals surface area (Å²) in [5.74, 6) is -9.99. The molecule has 2 aromatic carbocycles. The Morgan fingerprint density at radius 2 is 1.43 bits per heavy atom. The van der Waals surface area contributed by atoms with Gasteiger partial charge in [0.05, 0.1) is 0 Å². The maximum absolute atomic E-state index is 13.5. The van der Waals surface area contributed by atoms with Crippen molar-refractivity contribution in [1.82, 2.24) is 0 Å². The van der Waals surface area contributed by atoms with Gasteiger partial charge in [0.25, 0.3) is 0 Å². The third-order valence-electron chi connectivity index (χ3n) is 2.87. The van der Waals surface area contributed by atoms with E-state index >= 15 is 0 Å². The van der Waals surface area contributed by atoms with Crippen LogP contribution < -0.4 is 5.32 Å². The zero-order valence-corrected chi connectivity index (χ0v) is 11.5. The van der Waals surface area contributed by atoms with Crippen molar-refractivity contribution in [2.75, 3.05) is 5.32 Å². The first-order chi connectivity index (χ1) is 9.82. The molecule has 0 aliphatic carbocycles. The Hall–Kier alpha value is -1.82. The van der Waals surface area contributed by atoms with E-state index in [4.69, 9.17) is 11.6 Å². The monoisotopic (exact) mass is 321 g/mol. The average Bonchev–Trinajstić information content (AvgIpc) is 2.45. The van der Waals surface area contributed by atoms with Crippen molar-refractivity contribution < 1.29 is 22.0 Å². The minimum absolute atomic E-state index is 0.183. The molecule has 1 nitrogen and oxygen atoms in total. The van der Waals surface area contributed by atoms with Crippen LogP contribution in [0.2, 0.25) is 5.02 Å². The highest BCUT2D eigenvalue weighted by atomic mass is 35.5. The minimum atomic E-state index is -2.19. The van der Waals surface area contributed by atoms with Crippen LogP contribution in [0.25, 0.3) is 0 Å². The first-order valence-corrected chi connectivity index (χ1v) is 6.21. The van der Waals surface area contributed by atoms with Crippen LogP contribution in [0.4, 0.5) is 27.6 Å². The SMILES string of the molecule is Cc1ccc(CNc2c(F)c(F)c(F)c(F)c2F)c(Cl)c1. The molecule has 7 heteroatoms. The van der Waals surface area contributed by atoms with Gasteiger partial charge in [-0.2, -0.15) is 0 Å². The zero-order chi connectivity index (χ0) is 15.7. The summed E-state index contributed by atoms with van der Waals surface area (Å²) in [4.78, 5) is 0. The molecule has 1 N–H and O–H groups in total. The van der Waals surface area contributed by atoms with Crippen molar-refractivity contribution in [3.63, 3.8) is 0 Å². The Kier molecular flexibility index (Phi) is 4.37. The first-order valence-electron chi connectivity index (χ1n) is 5.83. The zero-order valence-electron chi connectivity index (χ0n) is 10.7. The minimum Gasteiger partial charge on any atom is -0.376 e. The lowest BCUT2D eigenvalue weighted by molar-refractivity contribution is 0.381. The lowest BCUT2D eigenvalue weighted by atomic mass is 10.1. The van der Waals surface area contributed by atoms with Gasteiger partial charge in [0.1, 0.15) is 5.69 Å². The first kappa shape index (κ1) is 15.6. The molecule has 2 rings (SSSR count). The molecule has 0 amide bonds. The molecule has 21 heavy (non-hydrogen) atoms. The molecular formula is C14H9ClF5N. The molecule has 0 atom stereocenters. The highest BCUT2D eigenvalue weighted by Crippen LogP contribution is 2.28. The summed E-state index contributed by atoms with van der Waals surface area (Å²) in [6, 6.07) is 4.93. The molecule has 0 radical (unpaired) electrons. The predicted octanol–water partition coefficient (Wildman–Crippen LogP) is 4.96. The van der Waals surface area contributed by atoms with Gasteiger partial charge in [0.15, 0.2) is 23.3 Å². The second-order valence-electron chi connectivity index (χ2n) is 4.39. The van der Waals surface area contributed by atoms with E-state index in [1.54, 1.807) is 25.1 Å². The van der Waals surface area contributed by atoms with Gasteiger partial charge in [0, 0.05) is 11.6 Å². The Bertz CT molecular complexity index is 673. The van der Waals surface area contributed by atoms with E-state index in [-0.39, 0.29) is 6.54 Å². The maximum atomic E-state index is 13.5. The smallest absolute Gasteiger partial charge is 0.200 e. The molecule has 0 bridgehead atoms. The molecule has 0 spiro atoms. The van der Waals surface area contributed by atoms with E-state index < -0.39 is 34.8 Å². The molecule has 0 saturated heterocycles. The molecule has 0 heterocycles. The summed E-state index contributed by atoms with van der Waals surface area (Å²) in [6.07, 6.45) is 0. The van der Waals surface area contributed by atoms with Crippen LogP contribution in [0.1, 0.15) is 11.1 Å². The predicted molar refractivity (Wildman–Crippen MR) is 69.7 cm³/mol. The molecule has 2 aromatic rings. The summed E-state index contributed by atoms with van der Waals surface area (Å²) in [6.45, 7) is 1.62. The van der Waals surface area contributed by atoms with Crippen LogP contribution >= 0.6 is 11.6 Å². The van der Waals surface area contributed by atoms with Crippen molar-refractivity contribution in [2.45, 2.75) is 13.5 Å². The molecule has 0 fully saturated rings. The largest absolute Gasteiger partial charge is 0.376 e. The van der Waals surface area contributed by atoms with E-state index in [0.717, 1.165) is 5.56 Å². The Balaban J connectivity index is 2.32. The van der Waals surface area contributed by atoms with Crippen LogP contribution in [-0.4, -0.2) is 0 Å². The number of nitrogens with one attached hydrogen (secondary N) is 1. The molecule has 0 aromatic heterocycles. The van der Waals surface area contributed by atoms with Gasteiger partial charge in [0.2, 0.25) is 5.82 Å². The highest BCUT2D eigenvalue weighted by Gasteiger charge is 2.25. The fourth-order valence-electron chi connectivity index (χ4n) is 1.74.